The molecule has 0 bridgehead atoms. The standard InChI is InChI=1S/C33H52N2/c1-29(2,3)34-24-25-15-17-27(18-16-25)32(9,10)20-19-31(7,8)23-26-13-11-12-14-28(26)33(21-22-33)35-30(4,5)6/h11-18,34-35H,19-24H2,1-10H3. The Morgan fingerprint density at radius 3 is 1.86 bits per heavy atom. The molecule has 0 aliphatic heterocycles. The Bertz CT molecular complexity index is 963. The Labute approximate surface area is 216 Å². The molecule has 0 heterocycles. The van der Waals surface area contributed by atoms with Crippen LogP contribution in [-0.2, 0) is 23.9 Å². The lowest BCUT2D eigenvalue weighted by molar-refractivity contribution is 0.282. The molecule has 1 fully saturated rings. The summed E-state index contributed by atoms with van der Waals surface area (Å²) in [5, 5.41) is 7.54. The minimum Gasteiger partial charge on any atom is -0.308 e. The lowest BCUT2D eigenvalue weighted by atomic mass is 9.72. The highest BCUT2D eigenvalue weighted by Gasteiger charge is 2.47. The monoisotopic (exact) mass is 476 g/mol. The van der Waals surface area contributed by atoms with E-state index in [0.717, 1.165) is 13.0 Å². The maximum atomic E-state index is 3.94. The van der Waals surface area contributed by atoms with E-state index in [9.17, 15) is 0 Å². The summed E-state index contributed by atoms with van der Waals surface area (Å²) in [6.07, 6.45) is 6.02. The molecule has 0 radical (unpaired) electrons. The second-order valence-corrected chi connectivity index (χ2v) is 14.6. The fourth-order valence-electron chi connectivity index (χ4n) is 5.29. The average molecular weight is 477 g/mol. The Morgan fingerprint density at radius 2 is 1.31 bits per heavy atom. The lowest BCUT2D eigenvalue weighted by Gasteiger charge is -2.34. The molecule has 2 nitrogen and oxygen atoms in total. The van der Waals surface area contributed by atoms with E-state index >= 15 is 0 Å². The van der Waals surface area contributed by atoms with E-state index in [1.54, 1.807) is 0 Å². The van der Waals surface area contributed by atoms with Gasteiger partial charge in [0.2, 0.25) is 0 Å². The van der Waals surface area contributed by atoms with Crippen molar-refractivity contribution in [2.75, 3.05) is 0 Å². The van der Waals surface area contributed by atoms with Crippen molar-refractivity contribution in [2.45, 2.75) is 130 Å². The zero-order chi connectivity index (χ0) is 26.1. The van der Waals surface area contributed by atoms with Crippen LogP contribution in [0.2, 0.25) is 0 Å². The van der Waals surface area contributed by atoms with Crippen LogP contribution in [0.5, 0.6) is 0 Å². The van der Waals surface area contributed by atoms with Crippen molar-refractivity contribution in [2.24, 2.45) is 5.41 Å². The normalized spacial score (nSPS) is 16.4. The summed E-state index contributed by atoms with van der Waals surface area (Å²) in [7, 11) is 0. The molecule has 194 valence electrons. The van der Waals surface area contributed by atoms with Crippen LogP contribution in [0.4, 0.5) is 0 Å². The van der Waals surface area contributed by atoms with Crippen LogP contribution in [-0.4, -0.2) is 11.1 Å². The van der Waals surface area contributed by atoms with E-state index in [2.05, 4.69) is 128 Å². The van der Waals surface area contributed by atoms with Gasteiger partial charge in [0.05, 0.1) is 0 Å². The number of benzene rings is 2. The van der Waals surface area contributed by atoms with Crippen LogP contribution in [0.3, 0.4) is 0 Å². The minimum absolute atomic E-state index is 0.126. The molecule has 2 aromatic rings. The predicted octanol–water partition coefficient (Wildman–Crippen LogP) is 8.28. The first-order valence-corrected chi connectivity index (χ1v) is 13.7. The second-order valence-electron chi connectivity index (χ2n) is 14.6. The molecule has 0 saturated heterocycles. The van der Waals surface area contributed by atoms with Gasteiger partial charge in [0.1, 0.15) is 0 Å². The van der Waals surface area contributed by atoms with E-state index in [4.69, 9.17) is 0 Å². The van der Waals surface area contributed by atoms with Crippen LogP contribution >= 0.6 is 0 Å². The maximum Gasteiger partial charge on any atom is 0.0442 e. The van der Waals surface area contributed by atoms with E-state index in [1.807, 2.05) is 0 Å². The third-order valence-corrected chi connectivity index (χ3v) is 7.55. The van der Waals surface area contributed by atoms with E-state index in [-0.39, 0.29) is 27.4 Å². The van der Waals surface area contributed by atoms with E-state index in [1.165, 1.54) is 47.9 Å². The summed E-state index contributed by atoms with van der Waals surface area (Å²) < 4.78 is 0. The second kappa shape index (κ2) is 10.0. The maximum absolute atomic E-state index is 3.94. The summed E-state index contributed by atoms with van der Waals surface area (Å²) in [6, 6.07) is 18.5. The van der Waals surface area contributed by atoms with Gasteiger partial charge in [-0.25, -0.2) is 0 Å². The summed E-state index contributed by atoms with van der Waals surface area (Å²) in [5.41, 5.74) is 6.72. The van der Waals surface area contributed by atoms with Crippen molar-refractivity contribution in [3.05, 3.63) is 70.8 Å². The van der Waals surface area contributed by atoms with Gasteiger partial charge >= 0.3 is 0 Å². The molecule has 1 aliphatic carbocycles. The Morgan fingerprint density at radius 1 is 0.714 bits per heavy atom. The number of hydrogen-bond donors (Lipinski definition) is 2. The van der Waals surface area contributed by atoms with Crippen molar-refractivity contribution >= 4 is 0 Å². The first kappa shape index (κ1) is 27.9. The third-order valence-electron chi connectivity index (χ3n) is 7.55. The van der Waals surface area contributed by atoms with Crippen molar-refractivity contribution in [1.82, 2.24) is 10.6 Å². The SMILES string of the molecule is CC(C)(CCC(C)(C)c1ccc(CNC(C)(C)C)cc1)Cc1ccccc1C1(NC(C)(C)C)CC1. The molecule has 2 heteroatoms. The van der Waals surface area contributed by atoms with Crippen LogP contribution in [0.15, 0.2) is 48.5 Å². The van der Waals surface area contributed by atoms with Gasteiger partial charge in [-0.3, -0.25) is 0 Å². The number of hydrogen-bond acceptors (Lipinski definition) is 2. The molecular formula is C33H52N2. The fourth-order valence-corrected chi connectivity index (χ4v) is 5.29. The van der Waals surface area contributed by atoms with Crippen LogP contribution in [0.1, 0.15) is 117 Å². The van der Waals surface area contributed by atoms with Gasteiger partial charge in [-0.15, -0.1) is 0 Å². The molecule has 2 N–H and O–H groups in total. The molecule has 1 aliphatic rings. The topological polar surface area (TPSA) is 24.1 Å². The highest BCUT2D eigenvalue weighted by Crippen LogP contribution is 2.49. The van der Waals surface area contributed by atoms with E-state index < -0.39 is 0 Å². The number of nitrogens with one attached hydrogen (secondary N) is 2. The highest BCUT2D eigenvalue weighted by atomic mass is 15.1. The Kier molecular flexibility index (Phi) is 8.00. The lowest BCUT2D eigenvalue weighted by Crippen LogP contribution is -2.44. The van der Waals surface area contributed by atoms with Gasteiger partial charge in [-0.2, -0.15) is 0 Å². The molecule has 35 heavy (non-hydrogen) atoms. The first-order chi connectivity index (χ1) is 16.0. The van der Waals surface area contributed by atoms with Crippen molar-refractivity contribution in [3.63, 3.8) is 0 Å². The molecule has 0 unspecified atom stereocenters. The molecule has 0 atom stereocenters. The summed E-state index contributed by atoms with van der Waals surface area (Å²) in [4.78, 5) is 0. The minimum atomic E-state index is 0.126. The highest BCUT2D eigenvalue weighted by molar-refractivity contribution is 5.39. The quantitative estimate of drug-likeness (QED) is 0.360. The van der Waals surface area contributed by atoms with Gasteiger partial charge < -0.3 is 10.6 Å². The van der Waals surface area contributed by atoms with Gasteiger partial charge in [0.15, 0.2) is 0 Å². The summed E-state index contributed by atoms with van der Waals surface area (Å²) in [5.74, 6) is 0. The Balaban J connectivity index is 1.65. The van der Waals surface area contributed by atoms with Crippen LogP contribution in [0, 0.1) is 5.41 Å². The smallest absolute Gasteiger partial charge is 0.0442 e. The van der Waals surface area contributed by atoms with Crippen LogP contribution < -0.4 is 10.6 Å². The van der Waals surface area contributed by atoms with E-state index in [0.29, 0.717) is 0 Å². The molecule has 3 rings (SSSR count). The summed E-state index contributed by atoms with van der Waals surface area (Å²) in [6.45, 7) is 24.2. The van der Waals surface area contributed by atoms with Gasteiger partial charge in [-0.05, 0) is 107 Å². The first-order valence-electron chi connectivity index (χ1n) is 13.7. The average Bonchev–Trinajstić information content (AvgIpc) is 3.49. The van der Waals surface area contributed by atoms with Crippen molar-refractivity contribution < 1.29 is 0 Å². The molecule has 2 aromatic carbocycles. The van der Waals surface area contributed by atoms with Crippen molar-refractivity contribution in [1.29, 1.82) is 0 Å². The summed E-state index contributed by atoms with van der Waals surface area (Å²) >= 11 is 0. The fraction of sp³-hybridized carbons (Fsp3) is 0.636. The third kappa shape index (κ3) is 8.19. The number of rotatable bonds is 10. The molecule has 1 saturated carbocycles. The largest absolute Gasteiger partial charge is 0.308 e. The van der Waals surface area contributed by atoms with Crippen LogP contribution in [0.25, 0.3) is 0 Å². The van der Waals surface area contributed by atoms with Gasteiger partial charge in [0, 0.05) is 23.2 Å². The molecule has 0 spiro atoms. The molecule has 0 amide bonds. The zero-order valence-electron chi connectivity index (χ0n) is 24.4. The molecule has 0 aromatic heterocycles. The molecular weight excluding hydrogens is 424 g/mol. The Hall–Kier alpha value is -1.64. The predicted molar refractivity (Wildman–Crippen MR) is 153 cm³/mol. The zero-order valence-corrected chi connectivity index (χ0v) is 24.4. The van der Waals surface area contributed by atoms with Crippen molar-refractivity contribution in [3.8, 4) is 0 Å². The van der Waals surface area contributed by atoms with Gasteiger partial charge in [0.25, 0.3) is 0 Å². The van der Waals surface area contributed by atoms with Gasteiger partial charge in [-0.1, -0.05) is 76.2 Å².